The van der Waals surface area contributed by atoms with E-state index < -0.39 is 16.9 Å². The minimum absolute atomic E-state index is 0.0947. The molecular weight excluding hydrogens is 276 g/mol. The van der Waals surface area contributed by atoms with Gasteiger partial charge in [-0.25, -0.2) is 14.8 Å². The van der Waals surface area contributed by atoms with E-state index in [-0.39, 0.29) is 11.5 Å². The summed E-state index contributed by atoms with van der Waals surface area (Å²) >= 11 is 0. The molecule has 2 aromatic rings. The van der Waals surface area contributed by atoms with E-state index in [0.717, 1.165) is 0 Å². The Hall–Kier alpha value is -2.77. The van der Waals surface area contributed by atoms with Gasteiger partial charge in [0.25, 0.3) is 5.69 Å². The highest BCUT2D eigenvalue weighted by Crippen LogP contribution is 2.25. The first-order valence-corrected chi connectivity index (χ1v) is 6.41. The molecule has 0 aliphatic heterocycles. The van der Waals surface area contributed by atoms with Crippen LogP contribution < -0.4 is 5.32 Å². The summed E-state index contributed by atoms with van der Waals surface area (Å²) in [5.41, 5.74) is 0.418. The Morgan fingerprint density at radius 2 is 2.24 bits per heavy atom. The summed E-state index contributed by atoms with van der Waals surface area (Å²) in [6.07, 6.45) is 2.41. The maximum Gasteiger partial charge on any atom is 0.326 e. The third kappa shape index (κ3) is 3.22. The molecule has 0 bridgehead atoms. The number of anilines is 1. The molecule has 1 atom stereocenters. The fraction of sp³-hybridized carbons (Fsp3) is 0.308. The minimum atomic E-state index is -0.992. The molecule has 21 heavy (non-hydrogen) atoms. The molecule has 0 amide bonds. The van der Waals surface area contributed by atoms with Crippen LogP contribution in [0, 0.1) is 10.1 Å². The number of hydrogen-bond donors (Lipinski definition) is 2. The number of hydrogen-bond acceptors (Lipinski definition) is 6. The van der Waals surface area contributed by atoms with E-state index in [1.165, 1.54) is 24.5 Å². The average molecular weight is 290 g/mol. The average Bonchev–Trinajstić information content (AvgIpc) is 2.46. The van der Waals surface area contributed by atoms with Crippen LogP contribution in [0.1, 0.15) is 19.8 Å². The lowest BCUT2D eigenvalue weighted by atomic mass is 10.1. The first-order chi connectivity index (χ1) is 10.0. The molecular formula is C13H14N4O4. The summed E-state index contributed by atoms with van der Waals surface area (Å²) in [5.74, 6) is -0.710. The van der Waals surface area contributed by atoms with Crippen LogP contribution in [0.15, 0.2) is 24.5 Å². The van der Waals surface area contributed by atoms with Crippen molar-refractivity contribution in [3.8, 4) is 0 Å². The van der Waals surface area contributed by atoms with Gasteiger partial charge >= 0.3 is 5.97 Å². The summed E-state index contributed by atoms with van der Waals surface area (Å²) in [6.45, 7) is 1.88. The normalized spacial score (nSPS) is 12.0. The van der Waals surface area contributed by atoms with Crippen LogP contribution in [0.3, 0.4) is 0 Å². The standard InChI is InChI=1S/C13H14N4O4/c1-2-3-11(13(18)19)16-12-9-6-8(17(20)21)4-5-10(9)14-7-15-12/h4-7,11H,2-3H2,1H3,(H,18,19)(H,14,15,16). The van der Waals surface area contributed by atoms with Crippen LogP contribution in [0.5, 0.6) is 0 Å². The Morgan fingerprint density at radius 3 is 2.86 bits per heavy atom. The summed E-state index contributed by atoms with van der Waals surface area (Å²) in [4.78, 5) is 29.5. The van der Waals surface area contributed by atoms with Crippen LogP contribution in [0.25, 0.3) is 10.9 Å². The highest BCUT2D eigenvalue weighted by Gasteiger charge is 2.18. The molecule has 0 saturated carbocycles. The van der Waals surface area contributed by atoms with Crippen LogP contribution in [0.2, 0.25) is 0 Å². The van der Waals surface area contributed by atoms with Gasteiger partial charge in [0.15, 0.2) is 0 Å². The molecule has 110 valence electrons. The van der Waals surface area contributed by atoms with Crippen molar-refractivity contribution in [2.75, 3.05) is 5.32 Å². The number of carboxylic acid groups (broad SMARTS) is 1. The number of nitrogens with one attached hydrogen (secondary N) is 1. The third-order valence-electron chi connectivity index (χ3n) is 3.02. The predicted octanol–water partition coefficient (Wildman–Crippen LogP) is 2.20. The number of aromatic nitrogens is 2. The molecule has 8 heteroatoms. The van der Waals surface area contributed by atoms with Crippen molar-refractivity contribution < 1.29 is 14.8 Å². The van der Waals surface area contributed by atoms with Crippen molar-refractivity contribution >= 4 is 28.4 Å². The molecule has 1 unspecified atom stereocenters. The topological polar surface area (TPSA) is 118 Å². The molecule has 0 aliphatic carbocycles. The Kier molecular flexibility index (Phi) is 4.27. The number of aliphatic carboxylic acids is 1. The second-order valence-corrected chi connectivity index (χ2v) is 4.50. The molecule has 1 aromatic heterocycles. The molecule has 2 N–H and O–H groups in total. The molecule has 0 aliphatic rings. The fourth-order valence-electron chi connectivity index (χ4n) is 1.98. The highest BCUT2D eigenvalue weighted by atomic mass is 16.6. The van der Waals surface area contributed by atoms with E-state index in [4.69, 9.17) is 5.11 Å². The Labute approximate surface area is 120 Å². The SMILES string of the molecule is CCCC(Nc1ncnc2ccc([N+](=O)[O-])cc12)C(=O)O. The first-order valence-electron chi connectivity index (χ1n) is 6.41. The molecule has 8 nitrogen and oxygen atoms in total. The lowest BCUT2D eigenvalue weighted by Gasteiger charge is -2.15. The van der Waals surface area contributed by atoms with Gasteiger partial charge in [0.2, 0.25) is 0 Å². The Morgan fingerprint density at radius 1 is 1.48 bits per heavy atom. The predicted molar refractivity (Wildman–Crippen MR) is 76.1 cm³/mol. The lowest BCUT2D eigenvalue weighted by Crippen LogP contribution is -2.29. The number of nitro groups is 1. The number of rotatable bonds is 6. The number of carboxylic acids is 1. The van der Waals surface area contributed by atoms with Gasteiger partial charge in [0.1, 0.15) is 18.2 Å². The van der Waals surface area contributed by atoms with Crippen molar-refractivity contribution in [3.05, 3.63) is 34.6 Å². The van der Waals surface area contributed by atoms with E-state index in [0.29, 0.717) is 23.7 Å². The number of nitrogens with zero attached hydrogens (tertiary/aromatic N) is 3. The maximum absolute atomic E-state index is 11.2. The molecule has 1 aromatic carbocycles. The van der Waals surface area contributed by atoms with Gasteiger partial charge in [0.05, 0.1) is 10.4 Å². The van der Waals surface area contributed by atoms with E-state index in [2.05, 4.69) is 15.3 Å². The van der Waals surface area contributed by atoms with Gasteiger partial charge in [-0.15, -0.1) is 0 Å². The maximum atomic E-state index is 11.2. The molecule has 2 rings (SSSR count). The summed E-state index contributed by atoms with van der Waals surface area (Å²) in [5, 5.41) is 23.2. The highest BCUT2D eigenvalue weighted by molar-refractivity contribution is 5.92. The summed E-state index contributed by atoms with van der Waals surface area (Å²) in [7, 11) is 0. The number of non-ortho nitro benzene ring substituents is 1. The second kappa shape index (κ2) is 6.12. The monoisotopic (exact) mass is 290 g/mol. The van der Waals surface area contributed by atoms with Gasteiger partial charge in [-0.1, -0.05) is 13.3 Å². The minimum Gasteiger partial charge on any atom is -0.480 e. The van der Waals surface area contributed by atoms with E-state index in [9.17, 15) is 14.9 Å². The zero-order valence-corrected chi connectivity index (χ0v) is 11.3. The lowest BCUT2D eigenvalue weighted by molar-refractivity contribution is -0.384. The van der Waals surface area contributed by atoms with Gasteiger partial charge in [-0.3, -0.25) is 10.1 Å². The zero-order valence-electron chi connectivity index (χ0n) is 11.3. The molecule has 0 radical (unpaired) electrons. The van der Waals surface area contributed by atoms with Gasteiger partial charge in [-0.05, 0) is 12.5 Å². The van der Waals surface area contributed by atoms with Crippen LogP contribution in [-0.4, -0.2) is 32.0 Å². The molecule has 1 heterocycles. The van der Waals surface area contributed by atoms with Crippen molar-refractivity contribution in [1.82, 2.24) is 9.97 Å². The number of benzene rings is 1. The molecule has 0 saturated heterocycles. The van der Waals surface area contributed by atoms with E-state index in [1.807, 2.05) is 6.92 Å². The number of fused-ring (bicyclic) bond motifs is 1. The smallest absolute Gasteiger partial charge is 0.326 e. The number of nitro benzene ring substituents is 1. The van der Waals surface area contributed by atoms with Crippen LogP contribution in [0.4, 0.5) is 11.5 Å². The van der Waals surface area contributed by atoms with E-state index >= 15 is 0 Å². The summed E-state index contributed by atoms with van der Waals surface area (Å²) < 4.78 is 0. The first kappa shape index (κ1) is 14.6. The van der Waals surface area contributed by atoms with Crippen molar-refractivity contribution in [3.63, 3.8) is 0 Å². The van der Waals surface area contributed by atoms with Crippen LogP contribution in [-0.2, 0) is 4.79 Å². The van der Waals surface area contributed by atoms with Crippen molar-refractivity contribution in [1.29, 1.82) is 0 Å². The van der Waals surface area contributed by atoms with Gasteiger partial charge in [-0.2, -0.15) is 0 Å². The van der Waals surface area contributed by atoms with Crippen molar-refractivity contribution in [2.45, 2.75) is 25.8 Å². The summed E-state index contributed by atoms with van der Waals surface area (Å²) in [6, 6.07) is 3.39. The molecule has 0 fully saturated rings. The quantitative estimate of drug-likeness (QED) is 0.618. The third-order valence-corrected chi connectivity index (χ3v) is 3.02. The van der Waals surface area contributed by atoms with Crippen LogP contribution >= 0.6 is 0 Å². The largest absolute Gasteiger partial charge is 0.480 e. The van der Waals surface area contributed by atoms with Crippen molar-refractivity contribution in [2.24, 2.45) is 0 Å². The molecule has 0 spiro atoms. The fourth-order valence-corrected chi connectivity index (χ4v) is 1.98. The van der Waals surface area contributed by atoms with Gasteiger partial charge < -0.3 is 10.4 Å². The number of carbonyl (C=O) groups is 1. The Bertz CT molecular complexity index is 689. The Balaban J connectivity index is 2.45. The second-order valence-electron chi connectivity index (χ2n) is 4.50. The van der Waals surface area contributed by atoms with Gasteiger partial charge in [0, 0.05) is 17.5 Å². The zero-order chi connectivity index (χ0) is 15.4. The van der Waals surface area contributed by atoms with E-state index in [1.54, 1.807) is 0 Å².